The predicted molar refractivity (Wildman–Crippen MR) is 76.3 cm³/mol. The van der Waals surface area contributed by atoms with Gasteiger partial charge in [0, 0.05) is 17.9 Å². The second kappa shape index (κ2) is 5.81. The summed E-state index contributed by atoms with van der Waals surface area (Å²) in [6.45, 7) is 1.91. The summed E-state index contributed by atoms with van der Waals surface area (Å²) in [6.07, 6.45) is 3.21. The van der Waals surface area contributed by atoms with E-state index in [9.17, 15) is 16.8 Å². The van der Waals surface area contributed by atoms with E-state index in [0.29, 0.717) is 18.4 Å². The molecule has 0 aliphatic heterocycles. The van der Waals surface area contributed by atoms with Crippen molar-refractivity contribution < 1.29 is 16.8 Å². The molecule has 4 nitrogen and oxygen atoms in total. The minimum Gasteiger partial charge on any atom is -0.224 e. The maximum Gasteiger partial charge on any atom is 0.175 e. The third-order valence-corrected chi connectivity index (χ3v) is 5.50. The molecule has 0 aromatic heterocycles. The molecule has 19 heavy (non-hydrogen) atoms. The molecule has 0 saturated carbocycles. The van der Waals surface area contributed by atoms with Crippen molar-refractivity contribution in [2.75, 3.05) is 12.5 Å². The molecule has 1 rings (SSSR count). The molecule has 0 N–H and O–H groups in total. The van der Waals surface area contributed by atoms with Gasteiger partial charge in [-0.05, 0) is 30.5 Å². The second-order valence-electron chi connectivity index (χ2n) is 4.52. The van der Waals surface area contributed by atoms with Crippen molar-refractivity contribution in [1.82, 2.24) is 0 Å². The lowest BCUT2D eigenvalue weighted by molar-refractivity contribution is 0.598. The van der Waals surface area contributed by atoms with E-state index in [1.165, 1.54) is 18.2 Å². The lowest BCUT2D eigenvalue weighted by atomic mass is 10.1. The monoisotopic (exact) mass is 324 g/mol. The number of alkyl halides is 1. The van der Waals surface area contributed by atoms with E-state index in [2.05, 4.69) is 0 Å². The first-order valence-electron chi connectivity index (χ1n) is 5.72. The normalized spacial score (nSPS) is 14.3. The Morgan fingerprint density at radius 2 is 1.68 bits per heavy atom. The molecule has 0 saturated heterocycles. The highest BCUT2D eigenvalue weighted by molar-refractivity contribution is 7.91. The van der Waals surface area contributed by atoms with Crippen molar-refractivity contribution in [3.8, 4) is 0 Å². The van der Waals surface area contributed by atoms with Crippen LogP contribution in [0.15, 0.2) is 28.0 Å². The Morgan fingerprint density at radius 3 is 2.11 bits per heavy atom. The average molecular weight is 325 g/mol. The van der Waals surface area contributed by atoms with Gasteiger partial charge in [-0.15, -0.1) is 11.6 Å². The smallest absolute Gasteiger partial charge is 0.175 e. The van der Waals surface area contributed by atoms with Gasteiger partial charge in [-0.2, -0.15) is 0 Å². The highest BCUT2D eigenvalue weighted by atomic mass is 35.5. The van der Waals surface area contributed by atoms with E-state index in [1.54, 1.807) is 0 Å². The van der Waals surface area contributed by atoms with Crippen molar-refractivity contribution in [2.24, 2.45) is 0 Å². The standard InChI is InChI=1S/C12H17ClO4S2/c1-4-10(13)7-9-5-6-11(18(2,14)15)8-12(9)19(3,16)17/h5-6,8,10H,4,7H2,1-3H3. The molecule has 0 aliphatic rings. The quantitative estimate of drug-likeness (QED) is 0.777. The first kappa shape index (κ1) is 16.5. The number of rotatable bonds is 5. The van der Waals surface area contributed by atoms with Gasteiger partial charge in [-0.1, -0.05) is 13.0 Å². The van der Waals surface area contributed by atoms with Crippen LogP contribution < -0.4 is 0 Å². The molecule has 0 fully saturated rings. The van der Waals surface area contributed by atoms with Gasteiger partial charge in [0.15, 0.2) is 19.7 Å². The van der Waals surface area contributed by atoms with Crippen molar-refractivity contribution in [1.29, 1.82) is 0 Å². The Hall–Kier alpha value is -0.590. The van der Waals surface area contributed by atoms with Crippen molar-refractivity contribution in [3.63, 3.8) is 0 Å². The molecule has 0 spiro atoms. The van der Waals surface area contributed by atoms with Crippen LogP contribution in [0.2, 0.25) is 0 Å². The van der Waals surface area contributed by atoms with Gasteiger partial charge in [0.2, 0.25) is 0 Å². The van der Waals surface area contributed by atoms with Crippen LogP contribution >= 0.6 is 11.6 Å². The lowest BCUT2D eigenvalue weighted by Gasteiger charge is -2.12. The van der Waals surface area contributed by atoms with Gasteiger partial charge in [0.25, 0.3) is 0 Å². The van der Waals surface area contributed by atoms with E-state index in [4.69, 9.17) is 11.6 Å². The zero-order valence-corrected chi connectivity index (χ0v) is 13.4. The fraction of sp³-hybridized carbons (Fsp3) is 0.500. The molecule has 108 valence electrons. The molecule has 0 radical (unpaired) electrons. The highest BCUT2D eigenvalue weighted by Gasteiger charge is 2.19. The number of benzene rings is 1. The maximum atomic E-state index is 11.8. The van der Waals surface area contributed by atoms with Gasteiger partial charge in [0.05, 0.1) is 9.79 Å². The fourth-order valence-corrected chi connectivity index (χ4v) is 3.52. The van der Waals surface area contributed by atoms with E-state index >= 15 is 0 Å². The minimum atomic E-state index is -3.49. The van der Waals surface area contributed by atoms with Crippen LogP contribution in [-0.2, 0) is 26.1 Å². The van der Waals surface area contributed by atoms with Crippen LogP contribution in [0.3, 0.4) is 0 Å². The summed E-state index contributed by atoms with van der Waals surface area (Å²) in [6, 6.07) is 4.15. The van der Waals surface area contributed by atoms with E-state index in [0.717, 1.165) is 12.5 Å². The van der Waals surface area contributed by atoms with Crippen LogP contribution in [0.25, 0.3) is 0 Å². The summed E-state index contributed by atoms with van der Waals surface area (Å²) in [5, 5.41) is -0.176. The third kappa shape index (κ3) is 4.47. The Morgan fingerprint density at radius 1 is 1.11 bits per heavy atom. The number of halogens is 1. The van der Waals surface area contributed by atoms with Gasteiger partial charge in [0.1, 0.15) is 0 Å². The van der Waals surface area contributed by atoms with Crippen LogP contribution in [-0.4, -0.2) is 34.7 Å². The van der Waals surface area contributed by atoms with Gasteiger partial charge in [-0.3, -0.25) is 0 Å². The number of hydrogen-bond donors (Lipinski definition) is 0. The second-order valence-corrected chi connectivity index (χ2v) is 9.14. The minimum absolute atomic E-state index is 0.000652. The summed E-state index contributed by atoms with van der Waals surface area (Å²) >= 11 is 6.04. The predicted octanol–water partition coefficient (Wildman–Crippen LogP) is 2.05. The topological polar surface area (TPSA) is 68.3 Å². The fourth-order valence-electron chi connectivity index (χ4n) is 1.66. The Labute approximate surface area is 119 Å². The largest absolute Gasteiger partial charge is 0.224 e. The first-order chi connectivity index (χ1) is 8.55. The molecule has 1 aromatic carbocycles. The zero-order valence-electron chi connectivity index (χ0n) is 11.1. The van der Waals surface area contributed by atoms with E-state index in [-0.39, 0.29) is 15.2 Å². The average Bonchev–Trinajstić information content (AvgIpc) is 2.26. The lowest BCUT2D eigenvalue weighted by Crippen LogP contribution is -2.10. The van der Waals surface area contributed by atoms with Crippen molar-refractivity contribution >= 4 is 31.3 Å². The van der Waals surface area contributed by atoms with Crippen LogP contribution in [0.5, 0.6) is 0 Å². The maximum absolute atomic E-state index is 11.8. The molecule has 7 heteroatoms. The van der Waals surface area contributed by atoms with Gasteiger partial charge >= 0.3 is 0 Å². The molecular weight excluding hydrogens is 308 g/mol. The van der Waals surface area contributed by atoms with E-state index in [1.807, 2.05) is 6.92 Å². The van der Waals surface area contributed by atoms with Gasteiger partial charge < -0.3 is 0 Å². The zero-order chi connectivity index (χ0) is 14.8. The summed E-state index contributed by atoms with van der Waals surface area (Å²) < 4.78 is 46.5. The molecule has 0 amide bonds. The SMILES string of the molecule is CCC(Cl)Cc1ccc(S(C)(=O)=O)cc1S(C)(=O)=O. The molecule has 0 heterocycles. The van der Waals surface area contributed by atoms with Crippen LogP contribution in [0.4, 0.5) is 0 Å². The van der Waals surface area contributed by atoms with Crippen molar-refractivity contribution in [3.05, 3.63) is 23.8 Å². The molecule has 0 aliphatic carbocycles. The van der Waals surface area contributed by atoms with Crippen molar-refractivity contribution in [2.45, 2.75) is 34.9 Å². The summed E-state index contributed by atoms with van der Waals surface area (Å²) in [5.74, 6) is 0. The van der Waals surface area contributed by atoms with Crippen LogP contribution in [0, 0.1) is 0 Å². The molecule has 0 bridgehead atoms. The summed E-state index contributed by atoms with van der Waals surface area (Å²) in [5.41, 5.74) is 0.553. The number of hydrogen-bond acceptors (Lipinski definition) is 4. The first-order valence-corrected chi connectivity index (χ1v) is 9.94. The molecule has 1 atom stereocenters. The Bertz CT molecular complexity index is 663. The van der Waals surface area contributed by atoms with E-state index < -0.39 is 19.7 Å². The Balaban J connectivity index is 3.42. The van der Waals surface area contributed by atoms with Crippen LogP contribution in [0.1, 0.15) is 18.9 Å². The highest BCUT2D eigenvalue weighted by Crippen LogP contribution is 2.23. The molecule has 1 aromatic rings. The summed E-state index contributed by atoms with van der Waals surface area (Å²) in [7, 11) is -6.93. The Kier molecular flexibility index (Phi) is 5.03. The molecular formula is C12H17ClO4S2. The molecule has 1 unspecified atom stereocenters. The third-order valence-electron chi connectivity index (χ3n) is 2.75. The van der Waals surface area contributed by atoms with Gasteiger partial charge in [-0.25, -0.2) is 16.8 Å². The summed E-state index contributed by atoms with van der Waals surface area (Å²) in [4.78, 5) is 0.0359. The number of sulfone groups is 2.